The first kappa shape index (κ1) is 17.5. The van der Waals surface area contributed by atoms with Crippen molar-refractivity contribution in [3.8, 4) is 11.3 Å². The molecule has 1 saturated heterocycles. The summed E-state index contributed by atoms with van der Waals surface area (Å²) >= 11 is 0. The van der Waals surface area contributed by atoms with E-state index in [0.717, 1.165) is 37.4 Å². The molecule has 1 aromatic carbocycles. The first-order chi connectivity index (χ1) is 13.0. The Kier molecular flexibility index (Phi) is 4.51. The van der Waals surface area contributed by atoms with Crippen LogP contribution in [0.25, 0.3) is 11.3 Å². The fourth-order valence-electron chi connectivity index (χ4n) is 3.54. The monoisotopic (exact) mass is 367 g/mol. The average molecular weight is 367 g/mol. The van der Waals surface area contributed by atoms with Crippen LogP contribution in [-0.2, 0) is 20.0 Å². The van der Waals surface area contributed by atoms with Gasteiger partial charge in [0.05, 0.1) is 5.69 Å². The van der Waals surface area contributed by atoms with E-state index < -0.39 is 0 Å². The number of imidazole rings is 1. The summed E-state index contributed by atoms with van der Waals surface area (Å²) in [7, 11) is 1.76. The number of likely N-dealkylation sites (tertiary alicyclic amines) is 1. The van der Waals surface area contributed by atoms with E-state index >= 15 is 0 Å². The minimum atomic E-state index is -0.290. The predicted molar refractivity (Wildman–Crippen MR) is 99.6 cm³/mol. The van der Waals surface area contributed by atoms with Crippen molar-refractivity contribution < 1.29 is 9.18 Å². The maximum Gasteiger partial charge on any atom is 0.272 e. The molecular weight excluding hydrogens is 345 g/mol. The fourth-order valence-corrected chi connectivity index (χ4v) is 3.54. The topological polar surface area (TPSA) is 56.0 Å². The van der Waals surface area contributed by atoms with Crippen LogP contribution in [0.3, 0.4) is 0 Å². The molecule has 4 rings (SSSR count). The number of carbonyl (C=O) groups is 1. The third-order valence-electron chi connectivity index (χ3n) is 5.06. The van der Waals surface area contributed by atoms with Crippen LogP contribution >= 0.6 is 0 Å². The minimum absolute atomic E-state index is 0.0176. The van der Waals surface area contributed by atoms with E-state index in [0.29, 0.717) is 17.3 Å². The highest BCUT2D eigenvalue weighted by atomic mass is 19.1. The van der Waals surface area contributed by atoms with Gasteiger partial charge in [0.25, 0.3) is 5.91 Å². The molecule has 2 aromatic heterocycles. The second-order valence-electron chi connectivity index (χ2n) is 6.97. The highest BCUT2D eigenvalue weighted by molar-refractivity contribution is 5.94. The number of aryl methyl sites for hydroxylation is 2. The maximum atomic E-state index is 13.1. The van der Waals surface area contributed by atoms with E-state index in [4.69, 9.17) is 0 Å². The van der Waals surface area contributed by atoms with Crippen molar-refractivity contribution in [3.05, 3.63) is 60.1 Å². The van der Waals surface area contributed by atoms with Gasteiger partial charge in [-0.05, 0) is 30.3 Å². The largest absolute Gasteiger partial charge is 0.336 e. The van der Waals surface area contributed by atoms with Crippen LogP contribution < -0.4 is 0 Å². The summed E-state index contributed by atoms with van der Waals surface area (Å²) in [6.45, 7) is 4.45. The maximum absolute atomic E-state index is 13.1. The average Bonchev–Trinajstić information content (AvgIpc) is 3.24. The van der Waals surface area contributed by atoms with Crippen molar-refractivity contribution in [1.82, 2.24) is 24.2 Å². The standard InChI is InChI=1S/C20H22FN5O/c1-3-19-22-8-9-25(19)11-14-12-26(13-14)20(27)18-10-17(23-24(18)2)15-4-6-16(21)7-5-15/h4-10,14H,3,11-13H2,1-2H3. The third-order valence-corrected chi connectivity index (χ3v) is 5.06. The first-order valence-electron chi connectivity index (χ1n) is 9.14. The number of halogens is 1. The quantitative estimate of drug-likeness (QED) is 0.697. The van der Waals surface area contributed by atoms with E-state index in [1.54, 1.807) is 29.9 Å². The second kappa shape index (κ2) is 6.98. The predicted octanol–water partition coefficient (Wildman–Crippen LogP) is 2.76. The highest BCUT2D eigenvalue weighted by Crippen LogP contribution is 2.24. The first-order valence-corrected chi connectivity index (χ1v) is 9.14. The van der Waals surface area contributed by atoms with Gasteiger partial charge in [-0.25, -0.2) is 9.37 Å². The molecule has 7 heteroatoms. The van der Waals surface area contributed by atoms with Crippen LogP contribution in [0.5, 0.6) is 0 Å². The lowest BCUT2D eigenvalue weighted by atomic mass is 9.99. The van der Waals surface area contributed by atoms with Gasteiger partial charge in [0.1, 0.15) is 17.3 Å². The van der Waals surface area contributed by atoms with Crippen LogP contribution in [0.1, 0.15) is 23.2 Å². The number of amides is 1. The Balaban J connectivity index is 1.41. The van der Waals surface area contributed by atoms with E-state index in [-0.39, 0.29) is 11.7 Å². The summed E-state index contributed by atoms with van der Waals surface area (Å²) < 4.78 is 16.9. The molecule has 0 aliphatic carbocycles. The molecule has 1 amide bonds. The molecule has 0 bridgehead atoms. The molecule has 3 heterocycles. The number of aromatic nitrogens is 4. The van der Waals surface area contributed by atoms with Crippen molar-refractivity contribution in [2.24, 2.45) is 13.0 Å². The number of nitrogens with zero attached hydrogens (tertiary/aromatic N) is 5. The molecule has 1 aliphatic rings. The number of benzene rings is 1. The van der Waals surface area contributed by atoms with Crippen LogP contribution in [-0.4, -0.2) is 43.2 Å². The van der Waals surface area contributed by atoms with Gasteiger partial charge in [0.15, 0.2) is 0 Å². The van der Waals surface area contributed by atoms with Gasteiger partial charge in [0.2, 0.25) is 0 Å². The Morgan fingerprint density at radius 3 is 2.70 bits per heavy atom. The Morgan fingerprint density at radius 1 is 1.26 bits per heavy atom. The Morgan fingerprint density at radius 2 is 2.00 bits per heavy atom. The van der Waals surface area contributed by atoms with Crippen LogP contribution in [0.4, 0.5) is 4.39 Å². The number of hydrogen-bond donors (Lipinski definition) is 0. The summed E-state index contributed by atoms with van der Waals surface area (Å²) in [4.78, 5) is 19.0. The fraction of sp³-hybridized carbons (Fsp3) is 0.350. The lowest BCUT2D eigenvalue weighted by molar-refractivity contribution is 0.0456. The van der Waals surface area contributed by atoms with E-state index in [1.807, 2.05) is 17.3 Å². The van der Waals surface area contributed by atoms with Gasteiger partial charge in [-0.2, -0.15) is 5.10 Å². The van der Waals surface area contributed by atoms with Crippen LogP contribution in [0, 0.1) is 11.7 Å². The zero-order valence-corrected chi connectivity index (χ0v) is 15.5. The van der Waals surface area contributed by atoms with Gasteiger partial charge < -0.3 is 9.47 Å². The van der Waals surface area contributed by atoms with Gasteiger partial charge in [-0.1, -0.05) is 6.92 Å². The Labute approximate surface area is 157 Å². The lowest BCUT2D eigenvalue weighted by Crippen LogP contribution is -2.51. The molecule has 0 unspecified atom stereocenters. The molecule has 1 fully saturated rings. The SMILES string of the molecule is CCc1nccn1CC1CN(C(=O)c2cc(-c3ccc(F)cc3)nn2C)C1. The number of rotatable bonds is 5. The second-order valence-corrected chi connectivity index (χ2v) is 6.97. The number of hydrogen-bond acceptors (Lipinski definition) is 3. The molecule has 0 N–H and O–H groups in total. The van der Waals surface area contributed by atoms with Crippen molar-refractivity contribution in [2.75, 3.05) is 13.1 Å². The highest BCUT2D eigenvalue weighted by Gasteiger charge is 2.33. The van der Waals surface area contributed by atoms with Gasteiger partial charge in [-0.15, -0.1) is 0 Å². The summed E-state index contributed by atoms with van der Waals surface area (Å²) in [5, 5.41) is 4.41. The normalized spacial score (nSPS) is 14.4. The molecular formula is C20H22FN5O. The van der Waals surface area contributed by atoms with Crippen LogP contribution in [0.2, 0.25) is 0 Å². The summed E-state index contributed by atoms with van der Waals surface area (Å²) in [5.41, 5.74) is 2.01. The van der Waals surface area contributed by atoms with Crippen molar-refractivity contribution in [3.63, 3.8) is 0 Å². The van der Waals surface area contributed by atoms with E-state index in [1.165, 1.54) is 12.1 Å². The summed E-state index contributed by atoms with van der Waals surface area (Å²) in [6, 6.07) is 7.90. The zero-order valence-electron chi connectivity index (χ0n) is 15.5. The Bertz CT molecular complexity index is 953. The molecule has 27 heavy (non-hydrogen) atoms. The molecule has 3 aromatic rings. The van der Waals surface area contributed by atoms with Crippen molar-refractivity contribution in [1.29, 1.82) is 0 Å². The molecule has 0 radical (unpaired) electrons. The van der Waals surface area contributed by atoms with Gasteiger partial charge in [-0.3, -0.25) is 9.48 Å². The molecule has 6 nitrogen and oxygen atoms in total. The lowest BCUT2D eigenvalue weighted by Gasteiger charge is -2.39. The van der Waals surface area contributed by atoms with Crippen LogP contribution in [0.15, 0.2) is 42.7 Å². The molecule has 0 spiro atoms. The minimum Gasteiger partial charge on any atom is -0.336 e. The van der Waals surface area contributed by atoms with Gasteiger partial charge in [0, 0.05) is 57.0 Å². The Hall–Kier alpha value is -2.96. The molecule has 0 saturated carbocycles. The van der Waals surface area contributed by atoms with Gasteiger partial charge >= 0.3 is 0 Å². The van der Waals surface area contributed by atoms with Crippen molar-refractivity contribution >= 4 is 5.91 Å². The zero-order chi connectivity index (χ0) is 19.0. The third kappa shape index (κ3) is 3.37. The van der Waals surface area contributed by atoms with E-state index in [9.17, 15) is 9.18 Å². The van der Waals surface area contributed by atoms with E-state index in [2.05, 4.69) is 21.6 Å². The summed E-state index contributed by atoms with van der Waals surface area (Å²) in [5.74, 6) is 1.21. The smallest absolute Gasteiger partial charge is 0.272 e. The van der Waals surface area contributed by atoms with Crippen molar-refractivity contribution in [2.45, 2.75) is 19.9 Å². The molecule has 1 aliphatic heterocycles. The number of carbonyl (C=O) groups excluding carboxylic acids is 1. The summed E-state index contributed by atoms with van der Waals surface area (Å²) in [6.07, 6.45) is 4.73. The molecule has 140 valence electrons. The molecule has 0 atom stereocenters.